The molecule has 0 saturated heterocycles. The van der Waals surface area contributed by atoms with Crippen LogP contribution in [0, 0.1) is 6.92 Å². The van der Waals surface area contributed by atoms with E-state index in [1.165, 1.54) is 11.3 Å². The molecular weight excluding hydrogens is 288 g/mol. The standard InChI is InChI=1S/C14H18N4O2S/c1-8-10(14(20-3)18(2)17-8)6-15-13(19)12-11(9-4-5-9)16-7-21-12/h7,9H,4-6H2,1-3H3,(H,15,19). The van der Waals surface area contributed by atoms with Crippen molar-refractivity contribution < 1.29 is 9.53 Å². The van der Waals surface area contributed by atoms with Gasteiger partial charge in [0.1, 0.15) is 4.88 Å². The van der Waals surface area contributed by atoms with E-state index in [4.69, 9.17) is 4.74 Å². The van der Waals surface area contributed by atoms with Crippen molar-refractivity contribution in [2.24, 2.45) is 7.05 Å². The van der Waals surface area contributed by atoms with Crippen molar-refractivity contribution in [1.82, 2.24) is 20.1 Å². The SMILES string of the molecule is COc1c(CNC(=O)c2scnc2C2CC2)c(C)nn1C. The number of aryl methyl sites for hydroxylation is 2. The number of aromatic nitrogens is 3. The van der Waals surface area contributed by atoms with Gasteiger partial charge in [-0.05, 0) is 19.8 Å². The van der Waals surface area contributed by atoms with Gasteiger partial charge in [0, 0.05) is 13.0 Å². The fraction of sp³-hybridized carbons (Fsp3) is 0.500. The van der Waals surface area contributed by atoms with E-state index < -0.39 is 0 Å². The molecular formula is C14H18N4O2S. The first-order valence-corrected chi connectivity index (χ1v) is 7.77. The summed E-state index contributed by atoms with van der Waals surface area (Å²) in [4.78, 5) is 17.4. The van der Waals surface area contributed by atoms with E-state index in [0.717, 1.165) is 34.7 Å². The quantitative estimate of drug-likeness (QED) is 0.917. The van der Waals surface area contributed by atoms with Crippen molar-refractivity contribution in [1.29, 1.82) is 0 Å². The van der Waals surface area contributed by atoms with Gasteiger partial charge in [0.05, 0.1) is 36.1 Å². The molecule has 3 rings (SSSR count). The van der Waals surface area contributed by atoms with E-state index in [2.05, 4.69) is 15.4 Å². The third-order valence-electron chi connectivity index (χ3n) is 3.67. The zero-order chi connectivity index (χ0) is 15.0. The van der Waals surface area contributed by atoms with Crippen LogP contribution < -0.4 is 10.1 Å². The fourth-order valence-corrected chi connectivity index (χ4v) is 3.25. The van der Waals surface area contributed by atoms with Crippen LogP contribution in [0.4, 0.5) is 0 Å². The maximum Gasteiger partial charge on any atom is 0.263 e. The minimum absolute atomic E-state index is 0.0651. The average Bonchev–Trinajstić information content (AvgIpc) is 3.11. The van der Waals surface area contributed by atoms with Gasteiger partial charge >= 0.3 is 0 Å². The van der Waals surface area contributed by atoms with Gasteiger partial charge in [0.15, 0.2) is 0 Å². The molecule has 6 nitrogen and oxygen atoms in total. The molecule has 0 bridgehead atoms. The van der Waals surface area contributed by atoms with Gasteiger partial charge < -0.3 is 10.1 Å². The first-order valence-electron chi connectivity index (χ1n) is 6.89. The van der Waals surface area contributed by atoms with Crippen LogP contribution in [-0.4, -0.2) is 27.8 Å². The van der Waals surface area contributed by atoms with E-state index in [0.29, 0.717) is 18.3 Å². The van der Waals surface area contributed by atoms with Gasteiger partial charge in [0.2, 0.25) is 5.88 Å². The monoisotopic (exact) mass is 306 g/mol. The molecule has 112 valence electrons. The summed E-state index contributed by atoms with van der Waals surface area (Å²) in [6.45, 7) is 2.32. The van der Waals surface area contributed by atoms with Crippen molar-refractivity contribution in [2.75, 3.05) is 7.11 Å². The maximum atomic E-state index is 12.3. The number of methoxy groups -OCH3 is 1. The van der Waals surface area contributed by atoms with Crippen molar-refractivity contribution in [3.8, 4) is 5.88 Å². The number of carbonyl (C=O) groups is 1. The molecule has 0 spiro atoms. The molecule has 0 unspecified atom stereocenters. The van der Waals surface area contributed by atoms with Crippen LogP contribution in [0.2, 0.25) is 0 Å². The zero-order valence-corrected chi connectivity index (χ0v) is 13.2. The molecule has 1 saturated carbocycles. The zero-order valence-electron chi connectivity index (χ0n) is 12.3. The summed E-state index contributed by atoms with van der Waals surface area (Å²) in [6, 6.07) is 0. The number of hydrogen-bond acceptors (Lipinski definition) is 5. The molecule has 0 radical (unpaired) electrons. The van der Waals surface area contributed by atoms with E-state index >= 15 is 0 Å². The molecule has 0 atom stereocenters. The molecule has 21 heavy (non-hydrogen) atoms. The fourth-order valence-electron chi connectivity index (χ4n) is 2.46. The highest BCUT2D eigenvalue weighted by molar-refractivity contribution is 7.11. The molecule has 1 amide bonds. The van der Waals surface area contributed by atoms with E-state index in [-0.39, 0.29) is 5.91 Å². The Morgan fingerprint density at radius 3 is 3.00 bits per heavy atom. The van der Waals surface area contributed by atoms with Crippen LogP contribution >= 0.6 is 11.3 Å². The molecule has 7 heteroatoms. The molecule has 0 aromatic carbocycles. The lowest BCUT2D eigenvalue weighted by Crippen LogP contribution is -2.23. The van der Waals surface area contributed by atoms with Gasteiger partial charge in [-0.2, -0.15) is 5.10 Å². The second-order valence-electron chi connectivity index (χ2n) is 5.22. The molecule has 2 aromatic heterocycles. The molecule has 1 aliphatic rings. The van der Waals surface area contributed by atoms with Crippen molar-refractivity contribution in [3.05, 3.63) is 27.3 Å². The van der Waals surface area contributed by atoms with Crippen molar-refractivity contribution in [3.63, 3.8) is 0 Å². The number of carbonyl (C=O) groups excluding carboxylic acids is 1. The second-order valence-corrected chi connectivity index (χ2v) is 6.08. The highest BCUT2D eigenvalue weighted by Crippen LogP contribution is 2.41. The minimum Gasteiger partial charge on any atom is -0.481 e. The Labute approximate surface area is 127 Å². The molecule has 0 aliphatic heterocycles. The highest BCUT2D eigenvalue weighted by Gasteiger charge is 2.30. The summed E-state index contributed by atoms with van der Waals surface area (Å²) < 4.78 is 7.01. The predicted molar refractivity (Wildman–Crippen MR) is 79.8 cm³/mol. The predicted octanol–water partition coefficient (Wildman–Crippen LogP) is 2.00. The summed E-state index contributed by atoms with van der Waals surface area (Å²) in [5.41, 5.74) is 4.47. The van der Waals surface area contributed by atoms with Gasteiger partial charge in [-0.1, -0.05) is 0 Å². The number of hydrogen-bond donors (Lipinski definition) is 1. The first kappa shape index (κ1) is 14.1. The number of amides is 1. The number of ether oxygens (including phenoxy) is 1. The van der Waals surface area contributed by atoms with Crippen molar-refractivity contribution >= 4 is 17.2 Å². The van der Waals surface area contributed by atoms with Gasteiger partial charge in [-0.3, -0.25) is 4.79 Å². The summed E-state index contributed by atoms with van der Waals surface area (Å²) in [5.74, 6) is 1.09. The van der Waals surface area contributed by atoms with Crippen LogP contribution in [0.1, 0.15) is 45.4 Å². The topological polar surface area (TPSA) is 69.0 Å². The Morgan fingerprint density at radius 1 is 1.57 bits per heavy atom. The smallest absolute Gasteiger partial charge is 0.263 e. The normalized spacial score (nSPS) is 14.2. The first-order chi connectivity index (χ1) is 10.1. The molecule has 2 heterocycles. The second kappa shape index (κ2) is 5.48. The molecule has 1 aliphatic carbocycles. The van der Waals surface area contributed by atoms with Gasteiger partial charge in [-0.15, -0.1) is 11.3 Å². The number of thiazole rings is 1. The van der Waals surface area contributed by atoms with Crippen LogP contribution in [0.3, 0.4) is 0 Å². The lowest BCUT2D eigenvalue weighted by Gasteiger charge is -2.07. The van der Waals surface area contributed by atoms with Crippen LogP contribution in [0.15, 0.2) is 5.51 Å². The van der Waals surface area contributed by atoms with Crippen LogP contribution in [0.25, 0.3) is 0 Å². The van der Waals surface area contributed by atoms with Crippen molar-refractivity contribution in [2.45, 2.75) is 32.2 Å². The number of nitrogens with zero attached hydrogens (tertiary/aromatic N) is 3. The summed E-state index contributed by atoms with van der Waals surface area (Å²) in [5, 5.41) is 7.26. The molecule has 1 N–H and O–H groups in total. The summed E-state index contributed by atoms with van der Waals surface area (Å²) in [7, 11) is 3.43. The average molecular weight is 306 g/mol. The third-order valence-corrected chi connectivity index (χ3v) is 4.51. The Bertz CT molecular complexity index is 673. The lowest BCUT2D eigenvalue weighted by atomic mass is 10.2. The highest BCUT2D eigenvalue weighted by atomic mass is 32.1. The van der Waals surface area contributed by atoms with Crippen LogP contribution in [0.5, 0.6) is 5.88 Å². The largest absolute Gasteiger partial charge is 0.481 e. The van der Waals surface area contributed by atoms with E-state index in [1.54, 1.807) is 17.3 Å². The molecule has 2 aromatic rings. The van der Waals surface area contributed by atoms with Gasteiger partial charge in [0.25, 0.3) is 5.91 Å². The van der Waals surface area contributed by atoms with E-state index in [9.17, 15) is 4.79 Å². The Morgan fingerprint density at radius 2 is 2.33 bits per heavy atom. The van der Waals surface area contributed by atoms with Gasteiger partial charge in [-0.25, -0.2) is 9.67 Å². The summed E-state index contributed by atoms with van der Waals surface area (Å²) in [6.07, 6.45) is 2.28. The Hall–Kier alpha value is -1.89. The minimum atomic E-state index is -0.0651. The summed E-state index contributed by atoms with van der Waals surface area (Å²) >= 11 is 1.41. The third kappa shape index (κ3) is 2.65. The molecule has 1 fully saturated rings. The number of nitrogens with one attached hydrogen (secondary N) is 1. The lowest BCUT2D eigenvalue weighted by molar-refractivity contribution is 0.0953. The Balaban J connectivity index is 1.73. The van der Waals surface area contributed by atoms with E-state index in [1.807, 2.05) is 14.0 Å². The number of rotatable bonds is 5. The Kier molecular flexibility index (Phi) is 3.67. The van der Waals surface area contributed by atoms with Crippen LogP contribution in [-0.2, 0) is 13.6 Å². The maximum absolute atomic E-state index is 12.3.